The Labute approximate surface area is 168 Å². The average molecular weight is 404 g/mol. The minimum Gasteiger partial charge on any atom is -0.481 e. The van der Waals surface area contributed by atoms with Crippen LogP contribution in [0.3, 0.4) is 0 Å². The van der Waals surface area contributed by atoms with E-state index in [2.05, 4.69) is 45.1 Å². The standard InChI is InChI=1S/C15H15N3OS2.C4H10N2/c1-16-10-20-9-13(17-2)11-7-14(21-8-11)12-5-4-6-18-15(12)19-3;1-2-5-4-6-3-1/h4-9H,1-2,10H2,3H3;5-6H,1-4H2/b13-9-;. The number of aliphatic imine (C=N–C) groups is 2. The largest absolute Gasteiger partial charge is 0.481 e. The number of methoxy groups -OCH3 is 1. The number of nitrogens with zero attached hydrogens (tertiary/aromatic N) is 3. The van der Waals surface area contributed by atoms with Crippen LogP contribution in [0.2, 0.25) is 0 Å². The summed E-state index contributed by atoms with van der Waals surface area (Å²) in [4.78, 5) is 13.2. The number of thiophene rings is 1. The molecule has 1 fully saturated rings. The van der Waals surface area contributed by atoms with Crippen LogP contribution in [0.4, 0.5) is 0 Å². The van der Waals surface area contributed by atoms with E-state index < -0.39 is 0 Å². The molecule has 0 saturated carbocycles. The molecule has 3 heterocycles. The van der Waals surface area contributed by atoms with Gasteiger partial charge in [0.15, 0.2) is 0 Å². The van der Waals surface area contributed by atoms with Crippen molar-refractivity contribution >= 4 is 42.2 Å². The van der Waals surface area contributed by atoms with E-state index in [4.69, 9.17) is 4.74 Å². The summed E-state index contributed by atoms with van der Waals surface area (Å²) in [5.74, 6) is 1.22. The van der Waals surface area contributed by atoms with Crippen LogP contribution in [0.1, 0.15) is 12.0 Å². The van der Waals surface area contributed by atoms with Crippen molar-refractivity contribution in [1.82, 2.24) is 15.6 Å². The maximum Gasteiger partial charge on any atom is 0.221 e. The summed E-state index contributed by atoms with van der Waals surface area (Å²) < 4.78 is 5.30. The third kappa shape index (κ3) is 6.91. The smallest absolute Gasteiger partial charge is 0.221 e. The van der Waals surface area contributed by atoms with E-state index in [0.29, 0.717) is 11.8 Å². The highest BCUT2D eigenvalue weighted by Gasteiger charge is 2.10. The molecule has 8 heteroatoms. The first-order chi connectivity index (χ1) is 13.3. The molecule has 0 radical (unpaired) electrons. The molecule has 2 N–H and O–H groups in total. The second-order valence-corrected chi connectivity index (χ2v) is 7.21. The molecule has 6 nitrogen and oxygen atoms in total. The van der Waals surface area contributed by atoms with Gasteiger partial charge < -0.3 is 15.4 Å². The molecule has 0 aliphatic carbocycles. The van der Waals surface area contributed by atoms with Crippen LogP contribution in [0, 0.1) is 0 Å². The van der Waals surface area contributed by atoms with Crippen LogP contribution in [0.5, 0.6) is 5.88 Å². The third-order valence-corrected chi connectivity index (χ3v) is 5.30. The second-order valence-electron chi connectivity index (χ2n) is 5.47. The molecular weight excluding hydrogens is 378 g/mol. The molecule has 27 heavy (non-hydrogen) atoms. The van der Waals surface area contributed by atoms with Gasteiger partial charge in [0.1, 0.15) is 0 Å². The topological polar surface area (TPSA) is 70.9 Å². The molecule has 1 aliphatic heterocycles. The number of rotatable bonds is 7. The van der Waals surface area contributed by atoms with Crippen molar-refractivity contribution in [1.29, 1.82) is 0 Å². The van der Waals surface area contributed by atoms with E-state index in [1.165, 1.54) is 31.3 Å². The molecule has 1 aliphatic rings. The van der Waals surface area contributed by atoms with Crippen LogP contribution in [-0.2, 0) is 0 Å². The molecule has 0 unspecified atom stereocenters. The number of pyridine rings is 1. The molecule has 2 aromatic rings. The van der Waals surface area contributed by atoms with Gasteiger partial charge >= 0.3 is 0 Å². The first-order valence-corrected chi connectivity index (χ1v) is 10.4. The summed E-state index contributed by atoms with van der Waals surface area (Å²) in [5.41, 5.74) is 2.82. The monoisotopic (exact) mass is 403 g/mol. The van der Waals surface area contributed by atoms with Gasteiger partial charge in [-0.15, -0.1) is 23.1 Å². The third-order valence-electron chi connectivity index (χ3n) is 3.61. The van der Waals surface area contributed by atoms with Crippen LogP contribution in [-0.4, -0.2) is 51.2 Å². The molecule has 3 rings (SSSR count). The fourth-order valence-corrected chi connectivity index (χ4v) is 3.79. The molecule has 0 bridgehead atoms. The van der Waals surface area contributed by atoms with Crippen molar-refractivity contribution in [2.75, 3.05) is 32.7 Å². The summed E-state index contributed by atoms with van der Waals surface area (Å²) in [7, 11) is 1.62. The number of aromatic nitrogens is 1. The van der Waals surface area contributed by atoms with Crippen LogP contribution in [0.15, 0.2) is 45.2 Å². The summed E-state index contributed by atoms with van der Waals surface area (Å²) in [6, 6.07) is 5.94. The van der Waals surface area contributed by atoms with Gasteiger partial charge in [-0.3, -0.25) is 9.98 Å². The fraction of sp³-hybridized carbons (Fsp3) is 0.316. The molecule has 0 aromatic carbocycles. The number of ether oxygens (including phenoxy) is 1. The highest BCUT2D eigenvalue weighted by atomic mass is 32.2. The molecular formula is C19H25N5OS2. The van der Waals surface area contributed by atoms with E-state index >= 15 is 0 Å². The van der Waals surface area contributed by atoms with E-state index in [1.807, 2.05) is 22.9 Å². The van der Waals surface area contributed by atoms with Crippen molar-refractivity contribution < 1.29 is 4.74 Å². The molecule has 1 saturated heterocycles. The van der Waals surface area contributed by atoms with E-state index in [9.17, 15) is 0 Å². The number of hydrogen-bond acceptors (Lipinski definition) is 8. The quantitative estimate of drug-likeness (QED) is 0.544. The highest BCUT2D eigenvalue weighted by molar-refractivity contribution is 8.02. The van der Waals surface area contributed by atoms with Gasteiger partial charge in [-0.05, 0) is 56.6 Å². The van der Waals surface area contributed by atoms with Crippen LogP contribution in [0.25, 0.3) is 16.1 Å². The molecule has 0 atom stereocenters. The van der Waals surface area contributed by atoms with Gasteiger partial charge in [-0.2, -0.15) is 0 Å². The first kappa shape index (κ1) is 21.3. The average Bonchev–Trinajstić information content (AvgIpc) is 3.23. The van der Waals surface area contributed by atoms with Gasteiger partial charge in [0.25, 0.3) is 0 Å². The molecule has 0 spiro atoms. The number of nitrogens with one attached hydrogen (secondary N) is 2. The Morgan fingerprint density at radius 2 is 2.22 bits per heavy atom. The maximum atomic E-state index is 5.30. The van der Waals surface area contributed by atoms with Crippen molar-refractivity contribution in [3.8, 4) is 16.3 Å². The van der Waals surface area contributed by atoms with E-state index in [-0.39, 0.29) is 0 Å². The highest BCUT2D eigenvalue weighted by Crippen LogP contribution is 2.35. The Hall–Kier alpha value is -2.00. The Morgan fingerprint density at radius 1 is 1.41 bits per heavy atom. The Balaban J connectivity index is 0.000000369. The van der Waals surface area contributed by atoms with E-state index in [1.54, 1.807) is 24.6 Å². The zero-order valence-electron chi connectivity index (χ0n) is 15.5. The summed E-state index contributed by atoms with van der Waals surface area (Å²) in [6.07, 6.45) is 2.99. The van der Waals surface area contributed by atoms with Gasteiger partial charge in [0.2, 0.25) is 5.88 Å². The molecule has 2 aromatic heterocycles. The fourth-order valence-electron chi connectivity index (χ4n) is 2.32. The Morgan fingerprint density at radius 3 is 2.81 bits per heavy atom. The van der Waals surface area contributed by atoms with Crippen molar-refractivity contribution in [2.24, 2.45) is 9.98 Å². The SMILES string of the molecule is C1CNCNC1.C=NCS/C=C(\N=C)c1csc(-c2cccnc2OC)c1. The lowest BCUT2D eigenvalue weighted by Gasteiger charge is -2.11. The number of hydrogen-bond donors (Lipinski definition) is 2. The van der Waals surface area contributed by atoms with E-state index in [0.717, 1.165) is 28.4 Å². The number of thioether (sulfide) groups is 1. The minimum absolute atomic E-state index is 0.604. The van der Waals surface area contributed by atoms with Gasteiger partial charge in [-0.25, -0.2) is 4.98 Å². The zero-order chi connectivity index (χ0) is 19.3. The van der Waals surface area contributed by atoms with Crippen molar-refractivity contribution in [3.05, 3.63) is 40.7 Å². The van der Waals surface area contributed by atoms with Crippen molar-refractivity contribution in [2.45, 2.75) is 6.42 Å². The minimum atomic E-state index is 0.604. The van der Waals surface area contributed by atoms with Crippen LogP contribution < -0.4 is 15.4 Å². The first-order valence-electron chi connectivity index (χ1n) is 8.50. The lowest BCUT2D eigenvalue weighted by atomic mass is 10.2. The second kappa shape index (κ2) is 12.4. The zero-order valence-corrected chi connectivity index (χ0v) is 17.1. The van der Waals surface area contributed by atoms with Gasteiger partial charge in [0, 0.05) is 28.7 Å². The summed E-state index contributed by atoms with van der Waals surface area (Å²) in [6.45, 7) is 10.5. The Bertz CT molecular complexity index is 745. The lowest BCUT2D eigenvalue weighted by Crippen LogP contribution is -2.37. The normalized spacial score (nSPS) is 14.0. The lowest BCUT2D eigenvalue weighted by molar-refractivity contribution is 0.400. The summed E-state index contributed by atoms with van der Waals surface area (Å²) >= 11 is 3.16. The molecule has 144 valence electrons. The van der Waals surface area contributed by atoms with Gasteiger partial charge in [0.05, 0.1) is 24.2 Å². The van der Waals surface area contributed by atoms with Gasteiger partial charge in [-0.1, -0.05) is 0 Å². The predicted octanol–water partition coefficient (Wildman–Crippen LogP) is 3.74. The maximum absolute atomic E-state index is 5.30. The van der Waals surface area contributed by atoms with Crippen molar-refractivity contribution in [3.63, 3.8) is 0 Å². The Kier molecular flexibility index (Phi) is 9.78. The predicted molar refractivity (Wildman–Crippen MR) is 119 cm³/mol. The summed E-state index contributed by atoms with van der Waals surface area (Å²) in [5, 5.41) is 10.3. The van der Waals surface area contributed by atoms with Crippen LogP contribution >= 0.6 is 23.1 Å². The molecule has 0 amide bonds.